The van der Waals surface area contributed by atoms with Gasteiger partial charge in [-0.1, -0.05) is 37.6 Å². The highest BCUT2D eigenvalue weighted by Gasteiger charge is 2.09. The first-order chi connectivity index (χ1) is 8.78. The van der Waals surface area contributed by atoms with Gasteiger partial charge in [-0.15, -0.1) is 16.4 Å². The lowest BCUT2D eigenvalue weighted by atomic mass is 10.1. The number of nitrogen functional groups attached to an aromatic ring is 1. The number of rotatable bonds is 3. The maximum atomic E-state index is 5.80. The topological polar surface area (TPSA) is 56.2 Å². The second kappa shape index (κ2) is 4.42. The molecule has 0 radical (unpaired) electrons. The van der Waals surface area contributed by atoms with Crippen LogP contribution in [0.3, 0.4) is 0 Å². The van der Waals surface area contributed by atoms with Crippen molar-refractivity contribution in [3.05, 3.63) is 35.2 Å². The highest BCUT2D eigenvalue weighted by atomic mass is 32.1. The zero-order valence-electron chi connectivity index (χ0n) is 10.1. The van der Waals surface area contributed by atoms with Gasteiger partial charge in [0, 0.05) is 10.9 Å². The standard InChI is InChI=1S/C13H14N4S/c1-2-3-9-4-6-10(7-5-9)12-15-13-17(16-12)11(14)8-18-13/h4-8H,2-3,14H2,1H3. The summed E-state index contributed by atoms with van der Waals surface area (Å²) < 4.78 is 1.68. The van der Waals surface area contributed by atoms with Crippen LogP contribution in [0.1, 0.15) is 18.9 Å². The average Bonchev–Trinajstić information content (AvgIpc) is 2.94. The Balaban J connectivity index is 1.97. The van der Waals surface area contributed by atoms with E-state index in [1.165, 1.54) is 16.9 Å². The number of nitrogens with two attached hydrogens (primary N) is 1. The Labute approximate surface area is 109 Å². The molecule has 0 spiro atoms. The molecule has 0 atom stereocenters. The summed E-state index contributed by atoms with van der Waals surface area (Å²) in [6.45, 7) is 2.18. The molecular formula is C13H14N4S. The van der Waals surface area contributed by atoms with Gasteiger partial charge in [0.15, 0.2) is 5.82 Å². The van der Waals surface area contributed by atoms with Gasteiger partial charge in [-0.25, -0.2) is 0 Å². The monoisotopic (exact) mass is 258 g/mol. The van der Waals surface area contributed by atoms with Crippen LogP contribution >= 0.6 is 11.3 Å². The molecule has 92 valence electrons. The molecule has 0 aliphatic heterocycles. The third kappa shape index (κ3) is 1.86. The number of hydrogen-bond donors (Lipinski definition) is 1. The second-order valence-electron chi connectivity index (χ2n) is 4.24. The predicted molar refractivity (Wildman–Crippen MR) is 74.7 cm³/mol. The van der Waals surface area contributed by atoms with E-state index in [0.29, 0.717) is 5.82 Å². The lowest BCUT2D eigenvalue weighted by Gasteiger charge is -1.99. The maximum Gasteiger partial charge on any atom is 0.214 e. The van der Waals surface area contributed by atoms with Gasteiger partial charge in [0.1, 0.15) is 5.82 Å². The largest absolute Gasteiger partial charge is 0.383 e. The van der Waals surface area contributed by atoms with Crippen LogP contribution in [0.5, 0.6) is 0 Å². The Bertz CT molecular complexity index is 666. The summed E-state index contributed by atoms with van der Waals surface area (Å²) in [5, 5.41) is 6.26. The van der Waals surface area contributed by atoms with E-state index in [1.807, 2.05) is 5.38 Å². The fraction of sp³-hybridized carbons (Fsp3) is 0.231. The summed E-state index contributed by atoms with van der Waals surface area (Å²) in [5.74, 6) is 1.37. The van der Waals surface area contributed by atoms with Gasteiger partial charge >= 0.3 is 0 Å². The molecule has 0 unspecified atom stereocenters. The molecule has 0 bridgehead atoms. The number of aryl methyl sites for hydroxylation is 1. The molecule has 1 aromatic carbocycles. The SMILES string of the molecule is CCCc1ccc(-c2nc3scc(N)n3n2)cc1. The predicted octanol–water partition coefficient (Wildman–Crippen LogP) is 2.99. The Hall–Kier alpha value is -1.88. The van der Waals surface area contributed by atoms with Crippen molar-refractivity contribution in [1.82, 2.24) is 14.6 Å². The van der Waals surface area contributed by atoms with Crippen molar-refractivity contribution in [2.45, 2.75) is 19.8 Å². The van der Waals surface area contributed by atoms with Crippen molar-refractivity contribution in [2.24, 2.45) is 0 Å². The van der Waals surface area contributed by atoms with Crippen LogP contribution in [0.4, 0.5) is 5.82 Å². The maximum absolute atomic E-state index is 5.80. The van der Waals surface area contributed by atoms with Crippen molar-refractivity contribution >= 4 is 22.1 Å². The summed E-state index contributed by atoms with van der Waals surface area (Å²) >= 11 is 1.51. The van der Waals surface area contributed by atoms with E-state index in [2.05, 4.69) is 41.3 Å². The van der Waals surface area contributed by atoms with Gasteiger partial charge in [0.25, 0.3) is 0 Å². The molecule has 4 nitrogen and oxygen atoms in total. The number of anilines is 1. The lowest BCUT2D eigenvalue weighted by Crippen LogP contribution is -1.92. The molecule has 2 N–H and O–H groups in total. The molecule has 5 heteroatoms. The number of fused-ring (bicyclic) bond motifs is 1. The molecular weight excluding hydrogens is 244 g/mol. The minimum Gasteiger partial charge on any atom is -0.383 e. The molecule has 0 aliphatic rings. The second-order valence-corrected chi connectivity index (χ2v) is 5.07. The van der Waals surface area contributed by atoms with Crippen molar-refractivity contribution < 1.29 is 0 Å². The zero-order chi connectivity index (χ0) is 12.5. The smallest absolute Gasteiger partial charge is 0.214 e. The first-order valence-corrected chi connectivity index (χ1v) is 6.85. The van der Waals surface area contributed by atoms with Gasteiger partial charge in [-0.2, -0.15) is 9.50 Å². The number of benzene rings is 1. The van der Waals surface area contributed by atoms with Crippen LogP contribution in [-0.4, -0.2) is 14.6 Å². The third-order valence-electron chi connectivity index (χ3n) is 2.86. The van der Waals surface area contributed by atoms with Crippen molar-refractivity contribution in [3.63, 3.8) is 0 Å². The molecule has 0 amide bonds. The fourth-order valence-corrected chi connectivity index (χ4v) is 2.65. The Morgan fingerprint density at radius 2 is 2.06 bits per heavy atom. The molecule has 3 rings (SSSR count). The van der Waals surface area contributed by atoms with Crippen LogP contribution in [0, 0.1) is 0 Å². The Morgan fingerprint density at radius 1 is 1.28 bits per heavy atom. The van der Waals surface area contributed by atoms with Crippen LogP contribution in [-0.2, 0) is 6.42 Å². The van der Waals surface area contributed by atoms with Crippen LogP contribution in [0.25, 0.3) is 16.3 Å². The first-order valence-electron chi connectivity index (χ1n) is 5.97. The highest BCUT2D eigenvalue weighted by molar-refractivity contribution is 7.15. The van der Waals surface area contributed by atoms with E-state index in [-0.39, 0.29) is 0 Å². The van der Waals surface area contributed by atoms with Gasteiger partial charge in [0.05, 0.1) is 0 Å². The van der Waals surface area contributed by atoms with E-state index in [0.717, 1.165) is 29.2 Å². The first kappa shape index (κ1) is 11.2. The summed E-state index contributed by atoms with van der Waals surface area (Å²) in [4.78, 5) is 5.30. The fourth-order valence-electron chi connectivity index (χ4n) is 1.94. The van der Waals surface area contributed by atoms with Crippen molar-refractivity contribution in [1.29, 1.82) is 0 Å². The number of hydrogen-bond acceptors (Lipinski definition) is 4. The van der Waals surface area contributed by atoms with E-state index in [9.17, 15) is 0 Å². The van der Waals surface area contributed by atoms with E-state index in [1.54, 1.807) is 4.52 Å². The molecule has 0 saturated heterocycles. The van der Waals surface area contributed by atoms with Crippen LogP contribution in [0.15, 0.2) is 29.6 Å². The minimum atomic E-state index is 0.636. The molecule has 0 fully saturated rings. The molecule has 2 heterocycles. The molecule has 18 heavy (non-hydrogen) atoms. The zero-order valence-corrected chi connectivity index (χ0v) is 10.9. The molecule has 0 aliphatic carbocycles. The summed E-state index contributed by atoms with van der Waals surface area (Å²) in [6, 6.07) is 8.41. The van der Waals surface area contributed by atoms with E-state index in [4.69, 9.17) is 5.73 Å². The Morgan fingerprint density at radius 3 is 2.72 bits per heavy atom. The quantitative estimate of drug-likeness (QED) is 0.785. The number of aromatic nitrogens is 3. The van der Waals surface area contributed by atoms with Gasteiger partial charge in [-0.05, 0) is 12.0 Å². The number of nitrogens with zero attached hydrogens (tertiary/aromatic N) is 3. The van der Waals surface area contributed by atoms with Crippen LogP contribution < -0.4 is 5.73 Å². The summed E-state index contributed by atoms with van der Waals surface area (Å²) in [6.07, 6.45) is 2.27. The van der Waals surface area contributed by atoms with E-state index >= 15 is 0 Å². The Kier molecular flexibility index (Phi) is 2.76. The van der Waals surface area contributed by atoms with E-state index < -0.39 is 0 Å². The number of thiazole rings is 1. The highest BCUT2D eigenvalue weighted by Crippen LogP contribution is 2.22. The van der Waals surface area contributed by atoms with Gasteiger partial charge < -0.3 is 5.73 Å². The lowest BCUT2D eigenvalue weighted by molar-refractivity contribution is 0.922. The summed E-state index contributed by atoms with van der Waals surface area (Å²) in [5.41, 5.74) is 8.18. The van der Waals surface area contributed by atoms with Crippen molar-refractivity contribution in [2.75, 3.05) is 5.73 Å². The summed E-state index contributed by atoms with van der Waals surface area (Å²) in [7, 11) is 0. The van der Waals surface area contributed by atoms with Crippen LogP contribution in [0.2, 0.25) is 0 Å². The molecule has 0 saturated carbocycles. The van der Waals surface area contributed by atoms with Gasteiger partial charge in [-0.3, -0.25) is 0 Å². The van der Waals surface area contributed by atoms with Crippen molar-refractivity contribution in [3.8, 4) is 11.4 Å². The third-order valence-corrected chi connectivity index (χ3v) is 3.69. The normalized spacial score (nSPS) is 11.2. The van der Waals surface area contributed by atoms with Gasteiger partial charge in [0.2, 0.25) is 4.96 Å². The minimum absolute atomic E-state index is 0.636. The molecule has 2 aromatic heterocycles. The molecule has 3 aromatic rings. The average molecular weight is 258 g/mol.